The Kier molecular flexibility index (Phi) is 4.46. The molecule has 0 spiro atoms. The van der Waals surface area contributed by atoms with Gasteiger partial charge in [-0.2, -0.15) is 0 Å². The number of hydrogen-bond acceptors (Lipinski definition) is 3. The van der Waals surface area contributed by atoms with Crippen LogP contribution in [0.4, 0.5) is 0 Å². The monoisotopic (exact) mass is 300 g/mol. The molecule has 0 saturated heterocycles. The van der Waals surface area contributed by atoms with Crippen LogP contribution in [-0.2, 0) is 0 Å². The fourth-order valence-corrected chi connectivity index (χ4v) is 3.49. The predicted molar refractivity (Wildman–Crippen MR) is 86.7 cm³/mol. The van der Waals surface area contributed by atoms with Crippen LogP contribution >= 0.6 is 0 Å². The number of carbonyl (C=O) groups excluding carboxylic acids is 1. The van der Waals surface area contributed by atoms with Gasteiger partial charge in [0.2, 0.25) is 0 Å². The zero-order valence-corrected chi connectivity index (χ0v) is 13.3. The van der Waals surface area contributed by atoms with Gasteiger partial charge in [0.05, 0.1) is 5.39 Å². The zero-order valence-electron chi connectivity index (χ0n) is 13.3. The normalized spacial score (nSPS) is 22.8. The van der Waals surface area contributed by atoms with E-state index in [-0.39, 0.29) is 11.9 Å². The standard InChI is InChI=1S/C18H24N2O2/c1-12-7-9-14(11-12)10-8-13(2)19-18(21)17-15-5-3-4-6-16(15)22-20-17/h3-6,12-14H,7-11H2,1-2H3,(H,19,21). The molecule has 0 aliphatic heterocycles. The molecule has 1 heterocycles. The second-order valence-corrected chi connectivity index (χ2v) is 6.76. The smallest absolute Gasteiger partial charge is 0.274 e. The van der Waals surface area contributed by atoms with E-state index >= 15 is 0 Å². The summed E-state index contributed by atoms with van der Waals surface area (Å²) in [5.41, 5.74) is 1.04. The number of nitrogens with zero attached hydrogens (tertiary/aromatic N) is 1. The molecule has 4 nitrogen and oxygen atoms in total. The number of nitrogens with one attached hydrogen (secondary N) is 1. The molecule has 3 rings (SSSR count). The lowest BCUT2D eigenvalue weighted by Gasteiger charge is -2.16. The lowest BCUT2D eigenvalue weighted by Crippen LogP contribution is -2.33. The highest BCUT2D eigenvalue weighted by molar-refractivity contribution is 6.04. The summed E-state index contributed by atoms with van der Waals surface area (Å²) >= 11 is 0. The van der Waals surface area contributed by atoms with Crippen LogP contribution in [0.15, 0.2) is 28.8 Å². The van der Waals surface area contributed by atoms with E-state index in [4.69, 9.17) is 4.52 Å². The second kappa shape index (κ2) is 6.51. The highest BCUT2D eigenvalue weighted by Crippen LogP contribution is 2.33. The van der Waals surface area contributed by atoms with Crippen LogP contribution in [0, 0.1) is 11.8 Å². The number of rotatable bonds is 5. The van der Waals surface area contributed by atoms with Crippen molar-refractivity contribution in [3.05, 3.63) is 30.0 Å². The molecule has 1 N–H and O–H groups in total. The highest BCUT2D eigenvalue weighted by atomic mass is 16.5. The molecular weight excluding hydrogens is 276 g/mol. The average Bonchev–Trinajstić information content (AvgIpc) is 3.11. The Morgan fingerprint density at radius 3 is 3.00 bits per heavy atom. The van der Waals surface area contributed by atoms with Crippen LogP contribution in [0.2, 0.25) is 0 Å². The van der Waals surface area contributed by atoms with Gasteiger partial charge in [-0.1, -0.05) is 37.1 Å². The van der Waals surface area contributed by atoms with Crippen molar-refractivity contribution < 1.29 is 9.32 Å². The average molecular weight is 300 g/mol. The maximum absolute atomic E-state index is 12.3. The van der Waals surface area contributed by atoms with Crippen molar-refractivity contribution in [3.63, 3.8) is 0 Å². The molecule has 1 aromatic carbocycles. The van der Waals surface area contributed by atoms with Crippen molar-refractivity contribution >= 4 is 16.9 Å². The summed E-state index contributed by atoms with van der Waals surface area (Å²) in [5.74, 6) is 1.57. The molecule has 2 aromatic rings. The topological polar surface area (TPSA) is 55.1 Å². The van der Waals surface area contributed by atoms with Crippen LogP contribution in [0.1, 0.15) is 56.4 Å². The highest BCUT2D eigenvalue weighted by Gasteiger charge is 2.22. The molecular formula is C18H24N2O2. The molecule has 4 heteroatoms. The summed E-state index contributed by atoms with van der Waals surface area (Å²) in [4.78, 5) is 12.3. The quantitative estimate of drug-likeness (QED) is 0.902. The lowest BCUT2D eigenvalue weighted by atomic mass is 9.98. The van der Waals surface area contributed by atoms with Gasteiger partial charge >= 0.3 is 0 Å². The molecule has 3 atom stereocenters. The van der Waals surface area contributed by atoms with E-state index in [1.54, 1.807) is 0 Å². The Labute approximate surface area is 131 Å². The number of benzene rings is 1. The molecule has 1 aromatic heterocycles. The molecule has 1 fully saturated rings. The molecule has 1 aliphatic rings. The van der Waals surface area contributed by atoms with Crippen molar-refractivity contribution in [1.82, 2.24) is 10.5 Å². The van der Waals surface area contributed by atoms with Crippen LogP contribution in [-0.4, -0.2) is 17.1 Å². The Hall–Kier alpha value is -1.84. The van der Waals surface area contributed by atoms with Gasteiger partial charge in [0.1, 0.15) is 0 Å². The van der Waals surface area contributed by atoms with E-state index in [1.165, 1.54) is 25.7 Å². The Bertz CT molecular complexity index is 649. The zero-order chi connectivity index (χ0) is 15.5. The van der Waals surface area contributed by atoms with Crippen LogP contribution in [0.3, 0.4) is 0 Å². The van der Waals surface area contributed by atoms with Crippen molar-refractivity contribution in [2.75, 3.05) is 0 Å². The summed E-state index contributed by atoms with van der Waals surface area (Å²) in [7, 11) is 0. The minimum absolute atomic E-state index is 0.141. The summed E-state index contributed by atoms with van der Waals surface area (Å²) in [6.07, 6.45) is 6.27. The molecule has 1 saturated carbocycles. The first-order valence-electron chi connectivity index (χ1n) is 8.28. The lowest BCUT2D eigenvalue weighted by molar-refractivity contribution is 0.0929. The van der Waals surface area contributed by atoms with E-state index in [2.05, 4.69) is 24.3 Å². The predicted octanol–water partition coefficient (Wildman–Crippen LogP) is 4.16. The molecule has 0 bridgehead atoms. The SMILES string of the molecule is CC1CCC(CCC(C)NC(=O)c2noc3ccccc23)C1. The molecule has 0 radical (unpaired) electrons. The minimum atomic E-state index is -0.141. The second-order valence-electron chi connectivity index (χ2n) is 6.76. The van der Waals surface area contributed by atoms with Gasteiger partial charge in [-0.05, 0) is 50.2 Å². The number of fused-ring (bicyclic) bond motifs is 1. The first kappa shape index (κ1) is 15.1. The molecule has 1 aliphatic carbocycles. The minimum Gasteiger partial charge on any atom is -0.355 e. The van der Waals surface area contributed by atoms with Crippen molar-refractivity contribution in [2.24, 2.45) is 11.8 Å². The van der Waals surface area contributed by atoms with Gasteiger partial charge in [0.25, 0.3) is 5.91 Å². The van der Waals surface area contributed by atoms with Crippen LogP contribution < -0.4 is 5.32 Å². The largest absolute Gasteiger partial charge is 0.355 e. The fourth-order valence-electron chi connectivity index (χ4n) is 3.49. The third-order valence-corrected chi connectivity index (χ3v) is 4.78. The van der Waals surface area contributed by atoms with Gasteiger partial charge in [-0.3, -0.25) is 4.79 Å². The third-order valence-electron chi connectivity index (χ3n) is 4.78. The molecule has 22 heavy (non-hydrogen) atoms. The number of aromatic nitrogens is 1. The van der Waals surface area contributed by atoms with Crippen molar-refractivity contribution in [2.45, 2.75) is 52.0 Å². The number of hydrogen-bond donors (Lipinski definition) is 1. The van der Waals surface area contributed by atoms with E-state index < -0.39 is 0 Å². The van der Waals surface area contributed by atoms with Gasteiger partial charge in [0.15, 0.2) is 11.3 Å². The van der Waals surface area contributed by atoms with E-state index in [0.29, 0.717) is 11.3 Å². The molecule has 3 unspecified atom stereocenters. The van der Waals surface area contributed by atoms with E-state index in [1.807, 2.05) is 24.3 Å². The first-order valence-corrected chi connectivity index (χ1v) is 8.28. The summed E-state index contributed by atoms with van der Waals surface area (Å²) < 4.78 is 5.19. The fraction of sp³-hybridized carbons (Fsp3) is 0.556. The van der Waals surface area contributed by atoms with E-state index in [0.717, 1.165) is 23.6 Å². The molecule has 1 amide bonds. The Balaban J connectivity index is 1.54. The maximum atomic E-state index is 12.3. The van der Waals surface area contributed by atoms with Crippen molar-refractivity contribution in [1.29, 1.82) is 0 Å². The van der Waals surface area contributed by atoms with Gasteiger partial charge < -0.3 is 9.84 Å². The van der Waals surface area contributed by atoms with Crippen LogP contribution in [0.25, 0.3) is 11.0 Å². The van der Waals surface area contributed by atoms with Crippen molar-refractivity contribution in [3.8, 4) is 0 Å². The van der Waals surface area contributed by atoms with Gasteiger partial charge in [-0.25, -0.2) is 0 Å². The summed E-state index contributed by atoms with van der Waals surface area (Å²) in [5, 5.41) is 7.73. The summed E-state index contributed by atoms with van der Waals surface area (Å²) in [6.45, 7) is 4.40. The van der Waals surface area contributed by atoms with E-state index in [9.17, 15) is 4.79 Å². The Morgan fingerprint density at radius 2 is 2.23 bits per heavy atom. The number of para-hydroxylation sites is 1. The number of carbonyl (C=O) groups is 1. The third kappa shape index (κ3) is 3.32. The Morgan fingerprint density at radius 1 is 1.41 bits per heavy atom. The van der Waals surface area contributed by atoms with Gasteiger partial charge in [0, 0.05) is 6.04 Å². The molecule has 118 valence electrons. The maximum Gasteiger partial charge on any atom is 0.274 e. The van der Waals surface area contributed by atoms with Crippen LogP contribution in [0.5, 0.6) is 0 Å². The van der Waals surface area contributed by atoms with Gasteiger partial charge in [-0.15, -0.1) is 0 Å². The first-order chi connectivity index (χ1) is 10.6. The number of amides is 1. The summed E-state index contributed by atoms with van der Waals surface area (Å²) in [6, 6.07) is 7.62.